The third kappa shape index (κ3) is 4.29. The number of hydrogen-bond donors (Lipinski definition) is 1. The number of anilines is 1. The molecule has 1 N–H and O–H groups in total. The van der Waals surface area contributed by atoms with Gasteiger partial charge in [0, 0.05) is 5.69 Å². The molecule has 5 nitrogen and oxygen atoms in total. The molecule has 0 bridgehead atoms. The molecule has 0 aliphatic heterocycles. The van der Waals surface area contributed by atoms with Gasteiger partial charge in [0.2, 0.25) is 5.91 Å². The summed E-state index contributed by atoms with van der Waals surface area (Å²) in [4.78, 5) is 25.0. The quantitative estimate of drug-likeness (QED) is 0.809. The van der Waals surface area contributed by atoms with Crippen LogP contribution in [-0.2, 0) is 27.2 Å². The van der Waals surface area contributed by atoms with Crippen molar-refractivity contribution in [2.75, 3.05) is 32.1 Å². The van der Waals surface area contributed by atoms with Gasteiger partial charge in [-0.3, -0.25) is 14.5 Å². The van der Waals surface area contributed by atoms with E-state index in [1.54, 1.807) is 4.90 Å². The number of rotatable bonds is 6. The van der Waals surface area contributed by atoms with Crippen LogP contribution in [-0.4, -0.2) is 43.5 Å². The maximum atomic E-state index is 12.0. The van der Waals surface area contributed by atoms with E-state index in [1.165, 1.54) is 24.7 Å². The Morgan fingerprint density at radius 2 is 2.00 bits per heavy atom. The topological polar surface area (TPSA) is 58.6 Å². The van der Waals surface area contributed by atoms with E-state index in [9.17, 15) is 9.59 Å². The number of methoxy groups -OCH3 is 1. The fourth-order valence-corrected chi connectivity index (χ4v) is 2.58. The molecule has 0 aromatic heterocycles. The maximum Gasteiger partial charge on any atom is 0.319 e. The summed E-state index contributed by atoms with van der Waals surface area (Å²) in [6.45, 7) is 2.84. The summed E-state index contributed by atoms with van der Waals surface area (Å²) in [6.07, 6.45) is 3.41. The summed E-state index contributed by atoms with van der Waals surface area (Å²) < 4.78 is 4.62. The fraction of sp³-hybridized carbons (Fsp3) is 0.500. The van der Waals surface area contributed by atoms with Gasteiger partial charge in [0.25, 0.3) is 0 Å². The lowest BCUT2D eigenvalue weighted by Gasteiger charge is -2.18. The molecule has 1 aliphatic rings. The van der Waals surface area contributed by atoms with E-state index in [1.807, 2.05) is 13.0 Å². The number of nitrogens with one attached hydrogen (secondary N) is 1. The molecule has 0 fully saturated rings. The first kappa shape index (κ1) is 15.5. The van der Waals surface area contributed by atoms with Crippen molar-refractivity contribution >= 4 is 17.6 Å². The minimum Gasteiger partial charge on any atom is -0.468 e. The monoisotopic (exact) mass is 290 g/mol. The van der Waals surface area contributed by atoms with Crippen LogP contribution in [0.2, 0.25) is 0 Å². The van der Waals surface area contributed by atoms with E-state index < -0.39 is 0 Å². The first-order chi connectivity index (χ1) is 10.1. The van der Waals surface area contributed by atoms with Crippen LogP contribution < -0.4 is 5.32 Å². The normalized spacial score (nSPS) is 13.1. The van der Waals surface area contributed by atoms with E-state index in [-0.39, 0.29) is 25.0 Å². The molecule has 0 atom stereocenters. The summed E-state index contributed by atoms with van der Waals surface area (Å²) in [5.74, 6) is -0.444. The molecule has 0 heterocycles. The number of carbonyl (C=O) groups excluding carboxylic acids is 2. The van der Waals surface area contributed by atoms with Crippen LogP contribution in [0.3, 0.4) is 0 Å². The Morgan fingerprint density at radius 1 is 1.24 bits per heavy atom. The van der Waals surface area contributed by atoms with Crippen molar-refractivity contribution in [3.05, 3.63) is 29.3 Å². The van der Waals surface area contributed by atoms with Crippen LogP contribution in [0.15, 0.2) is 18.2 Å². The van der Waals surface area contributed by atoms with Gasteiger partial charge >= 0.3 is 5.97 Å². The van der Waals surface area contributed by atoms with Gasteiger partial charge in [-0.05, 0) is 49.1 Å². The highest BCUT2D eigenvalue weighted by Crippen LogP contribution is 2.24. The second kappa shape index (κ2) is 7.22. The van der Waals surface area contributed by atoms with E-state index >= 15 is 0 Å². The molecular weight excluding hydrogens is 268 g/mol. The van der Waals surface area contributed by atoms with Gasteiger partial charge in [0.15, 0.2) is 0 Å². The summed E-state index contributed by atoms with van der Waals surface area (Å²) in [6, 6.07) is 6.08. The van der Waals surface area contributed by atoms with Crippen molar-refractivity contribution in [3.8, 4) is 0 Å². The molecule has 1 aromatic rings. The van der Waals surface area contributed by atoms with Crippen molar-refractivity contribution in [2.45, 2.75) is 26.2 Å². The Labute approximate surface area is 125 Å². The van der Waals surface area contributed by atoms with Crippen molar-refractivity contribution in [3.63, 3.8) is 0 Å². The lowest BCUT2D eigenvalue weighted by molar-refractivity contribution is -0.142. The van der Waals surface area contributed by atoms with Gasteiger partial charge in [0.05, 0.1) is 20.2 Å². The highest BCUT2D eigenvalue weighted by Gasteiger charge is 2.15. The summed E-state index contributed by atoms with van der Waals surface area (Å²) in [5.41, 5.74) is 3.54. The first-order valence-electron chi connectivity index (χ1n) is 7.33. The highest BCUT2D eigenvalue weighted by atomic mass is 16.5. The summed E-state index contributed by atoms with van der Waals surface area (Å²) in [7, 11) is 1.35. The summed E-state index contributed by atoms with van der Waals surface area (Å²) in [5, 5.41) is 2.89. The van der Waals surface area contributed by atoms with E-state index in [0.29, 0.717) is 6.54 Å². The first-order valence-corrected chi connectivity index (χ1v) is 7.33. The molecule has 2 rings (SSSR count). The standard InChI is InChI=1S/C16H22N2O3/c1-3-18(11-16(20)21-2)10-15(19)17-14-8-7-12-5-4-6-13(12)9-14/h7-9H,3-6,10-11H2,1-2H3,(H,17,19). The smallest absolute Gasteiger partial charge is 0.319 e. The molecule has 5 heteroatoms. The van der Waals surface area contributed by atoms with Crippen LogP contribution >= 0.6 is 0 Å². The minimum atomic E-state index is -0.331. The Hall–Kier alpha value is -1.88. The second-order valence-electron chi connectivity index (χ2n) is 5.26. The van der Waals surface area contributed by atoms with Gasteiger partial charge in [-0.1, -0.05) is 13.0 Å². The van der Waals surface area contributed by atoms with Crippen LogP contribution in [0, 0.1) is 0 Å². The second-order valence-corrected chi connectivity index (χ2v) is 5.26. The van der Waals surface area contributed by atoms with Crippen LogP contribution in [0.1, 0.15) is 24.5 Å². The molecule has 1 amide bonds. The zero-order valence-electron chi connectivity index (χ0n) is 12.6. The van der Waals surface area contributed by atoms with Crippen molar-refractivity contribution < 1.29 is 14.3 Å². The molecule has 21 heavy (non-hydrogen) atoms. The number of amides is 1. The number of fused-ring (bicyclic) bond motifs is 1. The molecule has 0 saturated carbocycles. The Kier molecular flexibility index (Phi) is 5.33. The largest absolute Gasteiger partial charge is 0.468 e. The third-order valence-electron chi connectivity index (χ3n) is 3.78. The van der Waals surface area contributed by atoms with E-state index in [4.69, 9.17) is 0 Å². The fourth-order valence-electron chi connectivity index (χ4n) is 2.58. The zero-order chi connectivity index (χ0) is 15.2. The van der Waals surface area contributed by atoms with E-state index in [0.717, 1.165) is 18.5 Å². The lowest BCUT2D eigenvalue weighted by atomic mass is 10.1. The van der Waals surface area contributed by atoms with Crippen molar-refractivity contribution in [2.24, 2.45) is 0 Å². The predicted molar refractivity (Wildman–Crippen MR) is 81.2 cm³/mol. The zero-order valence-corrected chi connectivity index (χ0v) is 12.6. The number of nitrogens with zero attached hydrogens (tertiary/aromatic N) is 1. The summed E-state index contributed by atoms with van der Waals surface area (Å²) >= 11 is 0. The van der Waals surface area contributed by atoms with E-state index in [2.05, 4.69) is 22.2 Å². The van der Waals surface area contributed by atoms with Crippen molar-refractivity contribution in [1.82, 2.24) is 4.90 Å². The molecule has 0 radical (unpaired) electrons. The molecule has 1 aliphatic carbocycles. The average molecular weight is 290 g/mol. The van der Waals surface area contributed by atoms with Gasteiger partial charge in [0.1, 0.15) is 0 Å². The van der Waals surface area contributed by atoms with Crippen LogP contribution in [0.4, 0.5) is 5.69 Å². The Bertz CT molecular complexity index is 528. The highest BCUT2D eigenvalue weighted by molar-refractivity contribution is 5.92. The average Bonchev–Trinajstić information content (AvgIpc) is 2.93. The molecule has 0 saturated heterocycles. The van der Waals surface area contributed by atoms with Crippen LogP contribution in [0.5, 0.6) is 0 Å². The maximum absolute atomic E-state index is 12.0. The Morgan fingerprint density at radius 3 is 2.71 bits per heavy atom. The molecule has 1 aromatic carbocycles. The molecule has 114 valence electrons. The molecular formula is C16H22N2O3. The van der Waals surface area contributed by atoms with Gasteiger partial charge < -0.3 is 10.1 Å². The Balaban J connectivity index is 1.90. The minimum absolute atomic E-state index is 0.112. The number of ether oxygens (including phenoxy) is 1. The lowest BCUT2D eigenvalue weighted by Crippen LogP contribution is -2.37. The number of hydrogen-bond acceptors (Lipinski definition) is 4. The number of aryl methyl sites for hydroxylation is 2. The van der Waals surface area contributed by atoms with Crippen LogP contribution in [0.25, 0.3) is 0 Å². The number of esters is 1. The number of carbonyl (C=O) groups is 2. The van der Waals surface area contributed by atoms with Gasteiger partial charge in [-0.2, -0.15) is 0 Å². The molecule has 0 spiro atoms. The SMILES string of the molecule is CCN(CC(=O)Nc1ccc2c(c1)CCC2)CC(=O)OC. The van der Waals surface area contributed by atoms with Gasteiger partial charge in [-0.25, -0.2) is 0 Å². The third-order valence-corrected chi connectivity index (χ3v) is 3.78. The molecule has 0 unspecified atom stereocenters. The van der Waals surface area contributed by atoms with Crippen molar-refractivity contribution in [1.29, 1.82) is 0 Å². The number of likely N-dealkylation sites (N-methyl/N-ethyl adjacent to an activating group) is 1. The predicted octanol–water partition coefficient (Wildman–Crippen LogP) is 1.61. The number of benzene rings is 1. The van der Waals surface area contributed by atoms with Gasteiger partial charge in [-0.15, -0.1) is 0 Å².